The fourth-order valence-corrected chi connectivity index (χ4v) is 2.59. The van der Waals surface area contributed by atoms with E-state index in [0.717, 1.165) is 18.2 Å². The van der Waals surface area contributed by atoms with Gasteiger partial charge in [-0.25, -0.2) is 0 Å². The molecule has 0 spiro atoms. The number of amides is 1. The Morgan fingerprint density at radius 3 is 2.00 bits per heavy atom. The lowest BCUT2D eigenvalue weighted by Gasteiger charge is -2.23. The fraction of sp³-hybridized carbons (Fsp3) is 0.278. The van der Waals surface area contributed by atoms with Crippen molar-refractivity contribution < 1.29 is 19.6 Å². The first-order valence-electron chi connectivity index (χ1n) is 8.61. The maximum Gasteiger partial charge on any atom is 0.300 e. The second-order valence-corrected chi connectivity index (χ2v) is 7.49. The van der Waals surface area contributed by atoms with Crippen molar-refractivity contribution in [2.75, 3.05) is 10.6 Å². The molecule has 12 heteroatoms. The molecule has 0 radical (unpaired) electrons. The summed E-state index contributed by atoms with van der Waals surface area (Å²) in [5.74, 6) is -0.892. The Bertz CT molecular complexity index is 1060. The van der Waals surface area contributed by atoms with Gasteiger partial charge in [-0.3, -0.25) is 35.1 Å². The number of hydrogen-bond acceptors (Lipinski definition) is 8. The van der Waals surface area contributed by atoms with Gasteiger partial charge in [0.25, 0.3) is 23.0 Å². The van der Waals surface area contributed by atoms with Crippen LogP contribution in [-0.4, -0.2) is 26.2 Å². The normalized spacial score (nSPS) is 10.9. The van der Waals surface area contributed by atoms with Gasteiger partial charge in [0.1, 0.15) is 5.69 Å². The number of non-ortho nitro benzene ring substituents is 2. The van der Waals surface area contributed by atoms with Crippen LogP contribution in [0.5, 0.6) is 0 Å². The molecule has 0 aliphatic rings. The zero-order chi connectivity index (χ0) is 22.8. The third-order valence-electron chi connectivity index (χ3n) is 3.93. The van der Waals surface area contributed by atoms with Gasteiger partial charge in [-0.05, 0) is 33.3 Å². The van der Waals surface area contributed by atoms with Crippen LogP contribution >= 0.6 is 0 Å². The number of nitro benzene ring substituents is 3. The van der Waals surface area contributed by atoms with E-state index < -0.39 is 37.6 Å². The van der Waals surface area contributed by atoms with Gasteiger partial charge in [0.15, 0.2) is 0 Å². The van der Waals surface area contributed by atoms with E-state index in [1.54, 1.807) is 27.7 Å². The van der Waals surface area contributed by atoms with Crippen LogP contribution in [-0.2, 0) is 0 Å². The van der Waals surface area contributed by atoms with Crippen molar-refractivity contribution in [3.05, 3.63) is 71.8 Å². The SMILES string of the molecule is Cc1ccc([N+](=O)[O-])cc1NC(=O)c1cc([N+](=O)[O-])cc([N+](=O)[O-])c1NC(C)(C)C. The van der Waals surface area contributed by atoms with E-state index >= 15 is 0 Å². The highest BCUT2D eigenvalue weighted by atomic mass is 16.6. The fourth-order valence-electron chi connectivity index (χ4n) is 2.59. The molecule has 2 rings (SSSR count). The average molecular weight is 417 g/mol. The Kier molecular flexibility index (Phi) is 6.00. The van der Waals surface area contributed by atoms with E-state index in [-0.39, 0.29) is 22.6 Å². The number of benzene rings is 2. The van der Waals surface area contributed by atoms with Crippen molar-refractivity contribution in [1.82, 2.24) is 0 Å². The Morgan fingerprint density at radius 1 is 0.900 bits per heavy atom. The Labute approximate surface area is 170 Å². The maximum absolute atomic E-state index is 12.9. The number of nitrogens with zero attached hydrogens (tertiary/aromatic N) is 3. The lowest BCUT2D eigenvalue weighted by atomic mass is 10.0. The third-order valence-corrected chi connectivity index (χ3v) is 3.93. The molecular formula is C18H19N5O7. The number of hydrogen-bond donors (Lipinski definition) is 2. The predicted molar refractivity (Wildman–Crippen MR) is 109 cm³/mol. The van der Waals surface area contributed by atoms with Crippen molar-refractivity contribution in [2.45, 2.75) is 33.2 Å². The summed E-state index contributed by atoms with van der Waals surface area (Å²) in [6.07, 6.45) is 0. The van der Waals surface area contributed by atoms with Gasteiger partial charge in [-0.15, -0.1) is 0 Å². The number of aryl methyl sites for hydroxylation is 1. The van der Waals surface area contributed by atoms with E-state index in [9.17, 15) is 35.1 Å². The largest absolute Gasteiger partial charge is 0.374 e. The topological polar surface area (TPSA) is 171 Å². The van der Waals surface area contributed by atoms with E-state index in [4.69, 9.17) is 0 Å². The summed E-state index contributed by atoms with van der Waals surface area (Å²) in [5, 5.41) is 39.1. The molecule has 0 saturated carbocycles. The van der Waals surface area contributed by atoms with Gasteiger partial charge < -0.3 is 10.6 Å². The molecule has 0 fully saturated rings. The van der Waals surface area contributed by atoms with Gasteiger partial charge in [0.05, 0.1) is 32.1 Å². The average Bonchev–Trinajstić information content (AvgIpc) is 2.61. The van der Waals surface area contributed by atoms with E-state index in [1.165, 1.54) is 12.1 Å². The van der Waals surface area contributed by atoms with Crippen LogP contribution in [0.15, 0.2) is 30.3 Å². The molecular weight excluding hydrogens is 398 g/mol. The minimum absolute atomic E-state index is 0.102. The van der Waals surface area contributed by atoms with Crippen LogP contribution < -0.4 is 10.6 Å². The summed E-state index contributed by atoms with van der Waals surface area (Å²) < 4.78 is 0. The highest BCUT2D eigenvalue weighted by molar-refractivity contribution is 6.10. The number of anilines is 2. The van der Waals surface area contributed by atoms with Gasteiger partial charge in [-0.1, -0.05) is 6.07 Å². The summed E-state index contributed by atoms with van der Waals surface area (Å²) in [5.41, 5.74) is -2.19. The van der Waals surface area contributed by atoms with Gasteiger partial charge >= 0.3 is 0 Å². The molecule has 1 amide bonds. The first kappa shape index (κ1) is 22.2. The Morgan fingerprint density at radius 2 is 1.50 bits per heavy atom. The number of nitro groups is 3. The number of carbonyl (C=O) groups excluding carboxylic acids is 1. The molecule has 0 aromatic heterocycles. The predicted octanol–water partition coefficient (Wildman–Crippen LogP) is 4.18. The number of carbonyl (C=O) groups is 1. The van der Waals surface area contributed by atoms with Crippen LogP contribution in [0, 0.1) is 37.3 Å². The molecule has 0 unspecified atom stereocenters. The molecule has 0 aliphatic heterocycles. The van der Waals surface area contributed by atoms with Crippen LogP contribution in [0.25, 0.3) is 0 Å². The molecule has 158 valence electrons. The van der Waals surface area contributed by atoms with Crippen molar-refractivity contribution in [2.24, 2.45) is 0 Å². The van der Waals surface area contributed by atoms with Gasteiger partial charge in [0.2, 0.25) is 0 Å². The lowest BCUT2D eigenvalue weighted by molar-refractivity contribution is -0.393. The van der Waals surface area contributed by atoms with Gasteiger partial charge in [-0.2, -0.15) is 0 Å². The second kappa shape index (κ2) is 8.11. The zero-order valence-corrected chi connectivity index (χ0v) is 16.6. The molecule has 30 heavy (non-hydrogen) atoms. The van der Waals surface area contributed by atoms with Gasteiger partial charge in [0, 0.05) is 23.7 Å². The van der Waals surface area contributed by atoms with Crippen LogP contribution in [0.2, 0.25) is 0 Å². The van der Waals surface area contributed by atoms with Crippen LogP contribution in [0.4, 0.5) is 28.4 Å². The second-order valence-electron chi connectivity index (χ2n) is 7.49. The number of nitrogens with one attached hydrogen (secondary N) is 2. The molecule has 12 nitrogen and oxygen atoms in total. The monoisotopic (exact) mass is 417 g/mol. The van der Waals surface area contributed by atoms with Crippen molar-refractivity contribution in [3.8, 4) is 0 Å². The van der Waals surface area contributed by atoms with Crippen molar-refractivity contribution in [3.63, 3.8) is 0 Å². The van der Waals surface area contributed by atoms with Crippen molar-refractivity contribution >= 4 is 34.3 Å². The third kappa shape index (κ3) is 5.04. The van der Waals surface area contributed by atoms with E-state index in [2.05, 4.69) is 10.6 Å². The molecule has 0 aliphatic carbocycles. The highest BCUT2D eigenvalue weighted by Crippen LogP contribution is 2.36. The molecule has 2 aromatic rings. The Balaban J connectivity index is 2.64. The smallest absolute Gasteiger partial charge is 0.300 e. The molecule has 2 aromatic carbocycles. The lowest BCUT2D eigenvalue weighted by Crippen LogP contribution is -2.28. The Hall–Kier alpha value is -4.09. The van der Waals surface area contributed by atoms with E-state index in [0.29, 0.717) is 5.56 Å². The molecule has 2 N–H and O–H groups in total. The van der Waals surface area contributed by atoms with Crippen LogP contribution in [0.1, 0.15) is 36.7 Å². The summed E-state index contributed by atoms with van der Waals surface area (Å²) in [4.78, 5) is 44.4. The van der Waals surface area contributed by atoms with E-state index in [1.807, 2.05) is 0 Å². The molecule has 0 atom stereocenters. The first-order chi connectivity index (χ1) is 13.8. The number of rotatable bonds is 6. The van der Waals surface area contributed by atoms with Crippen LogP contribution in [0.3, 0.4) is 0 Å². The molecule has 0 heterocycles. The maximum atomic E-state index is 12.9. The standard InChI is InChI=1S/C18H19N5O7/c1-10-5-6-11(21(25)26)8-14(10)19-17(24)13-7-12(22(27)28)9-15(23(29)30)16(13)20-18(2,3)4/h5-9,20H,1-4H3,(H,19,24). The molecule has 0 bridgehead atoms. The minimum Gasteiger partial charge on any atom is -0.374 e. The van der Waals surface area contributed by atoms with Crippen molar-refractivity contribution in [1.29, 1.82) is 0 Å². The highest BCUT2D eigenvalue weighted by Gasteiger charge is 2.30. The molecule has 0 saturated heterocycles. The quantitative estimate of drug-likeness (QED) is 0.520. The minimum atomic E-state index is -0.892. The summed E-state index contributed by atoms with van der Waals surface area (Å²) in [7, 11) is 0. The zero-order valence-electron chi connectivity index (χ0n) is 16.6. The summed E-state index contributed by atoms with van der Waals surface area (Å²) in [6, 6.07) is 5.51. The first-order valence-corrected chi connectivity index (χ1v) is 8.61. The summed E-state index contributed by atoms with van der Waals surface area (Å²) >= 11 is 0. The summed E-state index contributed by atoms with van der Waals surface area (Å²) in [6.45, 7) is 6.70.